The summed E-state index contributed by atoms with van der Waals surface area (Å²) in [6.07, 6.45) is 11.5. The highest BCUT2D eigenvalue weighted by Crippen LogP contribution is 2.19. The number of nitro groups is 1. The van der Waals surface area contributed by atoms with Crippen LogP contribution in [0.25, 0.3) is 0 Å². The van der Waals surface area contributed by atoms with Crippen LogP contribution in [0, 0.1) is 16.0 Å². The first-order valence-electron chi connectivity index (χ1n) is 11.6. The number of hydrogen-bond acceptors (Lipinski definition) is 5. The standard InChI is InChI=1S/C24H38N2O5/c1-4-5-6-7-8-9-10-11-12-13-23(27)25-22(18-19(2)3)24(28)31-21-16-14-20(15-17-21)26(29)30/h14-17,19,22H,4-13,18H2,1-3H3,(H,25,27)/t22-/m1/s1. The third kappa shape index (κ3) is 12.1. The molecule has 1 aromatic carbocycles. The van der Waals surface area contributed by atoms with Crippen LogP contribution in [-0.4, -0.2) is 22.8 Å². The molecule has 0 aliphatic heterocycles. The molecule has 0 radical (unpaired) electrons. The van der Waals surface area contributed by atoms with E-state index >= 15 is 0 Å². The van der Waals surface area contributed by atoms with Crippen molar-refractivity contribution in [1.29, 1.82) is 0 Å². The van der Waals surface area contributed by atoms with Gasteiger partial charge in [0.1, 0.15) is 11.8 Å². The van der Waals surface area contributed by atoms with Gasteiger partial charge >= 0.3 is 5.97 Å². The SMILES string of the molecule is CCCCCCCCCCCC(=O)N[C@H](CC(C)C)C(=O)Oc1ccc([N+](=O)[O-])cc1. The number of nitrogens with one attached hydrogen (secondary N) is 1. The number of hydrogen-bond donors (Lipinski definition) is 1. The van der Waals surface area contributed by atoms with E-state index < -0.39 is 16.9 Å². The highest BCUT2D eigenvalue weighted by Gasteiger charge is 2.24. The monoisotopic (exact) mass is 434 g/mol. The summed E-state index contributed by atoms with van der Waals surface area (Å²) < 4.78 is 5.33. The molecule has 1 aromatic rings. The van der Waals surface area contributed by atoms with E-state index in [4.69, 9.17) is 4.74 Å². The number of amides is 1. The summed E-state index contributed by atoms with van der Waals surface area (Å²) in [5.41, 5.74) is -0.0761. The number of non-ortho nitro benzene ring substituents is 1. The molecule has 0 saturated carbocycles. The predicted octanol–water partition coefficient (Wildman–Crippen LogP) is 5.95. The average Bonchev–Trinajstić information content (AvgIpc) is 2.72. The van der Waals surface area contributed by atoms with Crippen LogP contribution in [0.1, 0.15) is 91.4 Å². The van der Waals surface area contributed by atoms with Gasteiger partial charge in [0.25, 0.3) is 5.69 Å². The molecule has 7 heteroatoms. The number of unbranched alkanes of at least 4 members (excludes halogenated alkanes) is 8. The van der Waals surface area contributed by atoms with Crippen molar-refractivity contribution in [2.75, 3.05) is 0 Å². The topological polar surface area (TPSA) is 98.5 Å². The molecule has 0 unspecified atom stereocenters. The van der Waals surface area contributed by atoms with E-state index in [2.05, 4.69) is 12.2 Å². The zero-order chi connectivity index (χ0) is 23.1. The van der Waals surface area contributed by atoms with Crippen molar-refractivity contribution in [1.82, 2.24) is 5.32 Å². The summed E-state index contributed by atoms with van der Waals surface area (Å²) in [6.45, 7) is 6.16. The van der Waals surface area contributed by atoms with Crippen LogP contribution >= 0.6 is 0 Å². The third-order valence-corrected chi connectivity index (χ3v) is 5.10. The average molecular weight is 435 g/mol. The number of ether oxygens (including phenoxy) is 1. The van der Waals surface area contributed by atoms with Crippen LogP contribution in [0.15, 0.2) is 24.3 Å². The zero-order valence-electron chi connectivity index (χ0n) is 19.2. The van der Waals surface area contributed by atoms with E-state index in [1.54, 1.807) is 0 Å². The van der Waals surface area contributed by atoms with Gasteiger partial charge in [0, 0.05) is 18.6 Å². The van der Waals surface area contributed by atoms with Crippen LogP contribution in [0.4, 0.5) is 5.69 Å². The van der Waals surface area contributed by atoms with Gasteiger partial charge < -0.3 is 10.1 Å². The maximum atomic E-state index is 12.6. The fourth-order valence-corrected chi connectivity index (χ4v) is 3.37. The van der Waals surface area contributed by atoms with Crippen molar-refractivity contribution in [3.63, 3.8) is 0 Å². The largest absolute Gasteiger partial charge is 0.425 e. The van der Waals surface area contributed by atoms with Gasteiger partial charge in [-0.3, -0.25) is 14.9 Å². The Bertz CT molecular complexity index is 673. The normalized spacial score (nSPS) is 11.9. The molecule has 0 heterocycles. The molecular formula is C24H38N2O5. The number of benzene rings is 1. The first kappa shape index (κ1) is 26.6. The minimum Gasteiger partial charge on any atom is -0.425 e. The Kier molecular flexibility index (Phi) is 13.2. The molecule has 31 heavy (non-hydrogen) atoms. The quantitative estimate of drug-likeness (QED) is 0.114. The molecule has 1 amide bonds. The first-order valence-corrected chi connectivity index (χ1v) is 11.6. The van der Waals surface area contributed by atoms with Gasteiger partial charge in [-0.25, -0.2) is 4.79 Å². The molecule has 0 aliphatic rings. The Hall–Kier alpha value is -2.44. The minimum absolute atomic E-state index is 0.0761. The molecule has 1 rings (SSSR count). The second-order valence-electron chi connectivity index (χ2n) is 8.50. The highest BCUT2D eigenvalue weighted by atomic mass is 16.6. The minimum atomic E-state index is -0.735. The van der Waals surface area contributed by atoms with Crippen LogP contribution in [0.5, 0.6) is 5.75 Å². The van der Waals surface area contributed by atoms with E-state index in [9.17, 15) is 19.7 Å². The van der Waals surface area contributed by atoms with Gasteiger partial charge in [-0.2, -0.15) is 0 Å². The summed E-state index contributed by atoms with van der Waals surface area (Å²) >= 11 is 0. The van der Waals surface area contributed by atoms with Crippen molar-refractivity contribution in [3.8, 4) is 5.75 Å². The molecule has 7 nitrogen and oxygen atoms in total. The van der Waals surface area contributed by atoms with Crippen molar-refractivity contribution < 1.29 is 19.2 Å². The van der Waals surface area contributed by atoms with Crippen LogP contribution in [0.3, 0.4) is 0 Å². The van der Waals surface area contributed by atoms with E-state index in [1.807, 2.05) is 13.8 Å². The Balaban J connectivity index is 2.40. The Morgan fingerprint density at radius 1 is 0.968 bits per heavy atom. The summed E-state index contributed by atoms with van der Waals surface area (Å²) in [4.78, 5) is 35.1. The summed E-state index contributed by atoms with van der Waals surface area (Å²) in [5.74, 6) is -0.280. The van der Waals surface area contributed by atoms with Gasteiger partial charge in [0.2, 0.25) is 5.91 Å². The number of esters is 1. The maximum Gasteiger partial charge on any atom is 0.334 e. The van der Waals surface area contributed by atoms with E-state index in [0.29, 0.717) is 12.8 Å². The van der Waals surface area contributed by atoms with Gasteiger partial charge in [-0.1, -0.05) is 72.1 Å². The summed E-state index contributed by atoms with van der Waals surface area (Å²) in [7, 11) is 0. The lowest BCUT2D eigenvalue weighted by atomic mass is 10.0. The number of carbonyl (C=O) groups excluding carboxylic acids is 2. The summed E-state index contributed by atoms with van der Waals surface area (Å²) in [6, 6.07) is 4.59. The fraction of sp³-hybridized carbons (Fsp3) is 0.667. The number of nitro benzene ring substituents is 1. The Labute approximate surface area is 186 Å². The van der Waals surface area contributed by atoms with Gasteiger partial charge in [-0.15, -0.1) is 0 Å². The molecule has 0 fully saturated rings. The fourth-order valence-electron chi connectivity index (χ4n) is 3.37. The van der Waals surface area contributed by atoms with E-state index in [0.717, 1.165) is 19.3 Å². The van der Waals surface area contributed by atoms with Gasteiger partial charge in [-0.05, 0) is 30.9 Å². The van der Waals surface area contributed by atoms with Crippen molar-refractivity contribution in [2.45, 2.75) is 97.4 Å². The first-order chi connectivity index (χ1) is 14.8. The van der Waals surface area contributed by atoms with E-state index in [1.165, 1.54) is 62.8 Å². The van der Waals surface area contributed by atoms with Gasteiger partial charge in [0.15, 0.2) is 0 Å². The smallest absolute Gasteiger partial charge is 0.334 e. The van der Waals surface area contributed by atoms with Crippen molar-refractivity contribution >= 4 is 17.6 Å². The molecular weight excluding hydrogens is 396 g/mol. The van der Waals surface area contributed by atoms with Crippen LogP contribution in [0.2, 0.25) is 0 Å². The maximum absolute atomic E-state index is 12.6. The lowest BCUT2D eigenvalue weighted by molar-refractivity contribution is -0.384. The molecule has 0 aromatic heterocycles. The van der Waals surface area contributed by atoms with E-state index in [-0.39, 0.29) is 23.3 Å². The van der Waals surface area contributed by atoms with Gasteiger partial charge in [0.05, 0.1) is 4.92 Å². The number of rotatable bonds is 16. The molecule has 1 atom stereocenters. The molecule has 0 bridgehead atoms. The third-order valence-electron chi connectivity index (χ3n) is 5.10. The zero-order valence-corrected chi connectivity index (χ0v) is 19.2. The molecule has 174 valence electrons. The molecule has 0 aliphatic carbocycles. The molecule has 0 spiro atoms. The second kappa shape index (κ2) is 15.4. The number of carbonyl (C=O) groups is 2. The van der Waals surface area contributed by atoms with Crippen LogP contribution < -0.4 is 10.1 Å². The lowest BCUT2D eigenvalue weighted by Crippen LogP contribution is -2.43. The highest BCUT2D eigenvalue weighted by molar-refractivity contribution is 5.85. The van der Waals surface area contributed by atoms with Crippen LogP contribution in [-0.2, 0) is 9.59 Å². The lowest BCUT2D eigenvalue weighted by Gasteiger charge is -2.19. The number of nitrogens with zero attached hydrogens (tertiary/aromatic N) is 1. The second-order valence-corrected chi connectivity index (χ2v) is 8.50. The predicted molar refractivity (Wildman–Crippen MR) is 122 cm³/mol. The Morgan fingerprint density at radius 2 is 1.52 bits per heavy atom. The molecule has 0 saturated heterocycles. The van der Waals surface area contributed by atoms with Crippen molar-refractivity contribution in [2.24, 2.45) is 5.92 Å². The van der Waals surface area contributed by atoms with Crippen molar-refractivity contribution in [3.05, 3.63) is 34.4 Å². The summed E-state index contributed by atoms with van der Waals surface area (Å²) in [5, 5.41) is 13.5. The Morgan fingerprint density at radius 3 is 2.03 bits per heavy atom. The molecule has 1 N–H and O–H groups in total.